The molecule has 1 aromatic carbocycles. The molecule has 1 rings (SSSR count). The Morgan fingerprint density at radius 2 is 2.00 bits per heavy atom. The van der Waals surface area contributed by atoms with E-state index >= 15 is 0 Å². The van der Waals surface area contributed by atoms with Crippen LogP contribution in [0.5, 0.6) is 0 Å². The fraction of sp³-hybridized carbons (Fsp3) is 0.364. The Bertz CT molecular complexity index is 295. The van der Waals surface area contributed by atoms with E-state index in [1.165, 1.54) is 0 Å². The van der Waals surface area contributed by atoms with E-state index in [-0.39, 0.29) is 5.92 Å². The Balaban J connectivity index is 2.81. The fourth-order valence-electron chi connectivity index (χ4n) is 1.32. The molecule has 0 aliphatic heterocycles. The molecule has 0 bridgehead atoms. The number of hydrogen-bond donors (Lipinski definition) is 1. The second kappa shape index (κ2) is 4.51. The second-order valence-electron chi connectivity index (χ2n) is 3.14. The normalized spacial score (nSPS) is 12.0. The minimum Gasteiger partial charge on any atom is -0.399 e. The lowest BCUT2D eigenvalue weighted by molar-refractivity contribution is 0.727. The van der Waals surface area contributed by atoms with E-state index in [4.69, 9.17) is 11.0 Å². The van der Waals surface area contributed by atoms with Gasteiger partial charge in [0.15, 0.2) is 0 Å². The number of rotatable bonds is 3. The van der Waals surface area contributed by atoms with Gasteiger partial charge in [-0.05, 0) is 24.1 Å². The topological polar surface area (TPSA) is 49.8 Å². The monoisotopic (exact) mass is 174 g/mol. The molecule has 0 saturated carbocycles. The highest BCUT2D eigenvalue weighted by atomic mass is 14.5. The van der Waals surface area contributed by atoms with Crippen molar-refractivity contribution in [3.05, 3.63) is 29.8 Å². The number of hydrogen-bond acceptors (Lipinski definition) is 2. The molecule has 0 saturated heterocycles. The summed E-state index contributed by atoms with van der Waals surface area (Å²) in [6.45, 7) is 2.08. The first-order valence-electron chi connectivity index (χ1n) is 4.53. The summed E-state index contributed by atoms with van der Waals surface area (Å²) in [4.78, 5) is 0. The lowest BCUT2D eigenvalue weighted by atomic mass is 9.96. The van der Waals surface area contributed by atoms with E-state index < -0.39 is 0 Å². The Morgan fingerprint density at radius 1 is 1.38 bits per heavy atom. The molecule has 1 atom stereocenters. The first kappa shape index (κ1) is 9.60. The van der Waals surface area contributed by atoms with E-state index in [1.807, 2.05) is 24.3 Å². The van der Waals surface area contributed by atoms with Crippen LogP contribution in [-0.4, -0.2) is 0 Å². The van der Waals surface area contributed by atoms with E-state index in [0.717, 1.165) is 24.1 Å². The average molecular weight is 174 g/mol. The predicted molar refractivity (Wildman–Crippen MR) is 54.1 cm³/mol. The molecule has 0 amide bonds. The zero-order chi connectivity index (χ0) is 9.68. The van der Waals surface area contributed by atoms with Crippen molar-refractivity contribution in [1.82, 2.24) is 0 Å². The number of anilines is 1. The van der Waals surface area contributed by atoms with Gasteiger partial charge in [0, 0.05) is 5.69 Å². The number of benzene rings is 1. The van der Waals surface area contributed by atoms with Crippen molar-refractivity contribution in [3.8, 4) is 6.07 Å². The minimum atomic E-state index is 0.0191. The van der Waals surface area contributed by atoms with Crippen molar-refractivity contribution in [2.75, 3.05) is 5.73 Å². The highest BCUT2D eigenvalue weighted by Crippen LogP contribution is 2.20. The summed E-state index contributed by atoms with van der Waals surface area (Å²) in [6.07, 6.45) is 1.95. The van der Waals surface area contributed by atoms with Crippen molar-refractivity contribution in [2.24, 2.45) is 0 Å². The molecule has 0 aromatic heterocycles. The molecule has 1 aromatic rings. The van der Waals surface area contributed by atoms with Crippen LogP contribution in [0, 0.1) is 11.3 Å². The van der Waals surface area contributed by atoms with Gasteiger partial charge < -0.3 is 5.73 Å². The predicted octanol–water partition coefficient (Wildman–Crippen LogP) is 2.68. The van der Waals surface area contributed by atoms with Crippen LogP contribution in [0.4, 0.5) is 5.69 Å². The average Bonchev–Trinajstić information content (AvgIpc) is 2.16. The number of nitrogens with zero attached hydrogens (tertiary/aromatic N) is 1. The molecule has 1 unspecified atom stereocenters. The molecule has 2 N–H and O–H groups in total. The number of nitrogen functional groups attached to an aromatic ring is 1. The van der Waals surface area contributed by atoms with E-state index in [2.05, 4.69) is 13.0 Å². The lowest BCUT2D eigenvalue weighted by Crippen LogP contribution is -1.95. The third-order valence-electron chi connectivity index (χ3n) is 2.07. The maximum atomic E-state index is 8.90. The maximum Gasteiger partial charge on any atom is 0.0712 e. The summed E-state index contributed by atoms with van der Waals surface area (Å²) in [5.41, 5.74) is 7.37. The zero-order valence-electron chi connectivity index (χ0n) is 7.83. The van der Waals surface area contributed by atoms with Crippen LogP contribution in [0.3, 0.4) is 0 Å². The first-order chi connectivity index (χ1) is 6.27. The Morgan fingerprint density at radius 3 is 2.46 bits per heavy atom. The van der Waals surface area contributed by atoms with Crippen molar-refractivity contribution in [2.45, 2.75) is 25.7 Å². The minimum absolute atomic E-state index is 0.0191. The largest absolute Gasteiger partial charge is 0.399 e. The molecule has 0 heterocycles. The van der Waals surface area contributed by atoms with E-state index in [9.17, 15) is 0 Å². The van der Waals surface area contributed by atoms with Gasteiger partial charge in [-0.15, -0.1) is 0 Å². The maximum absolute atomic E-state index is 8.90. The molecule has 68 valence electrons. The van der Waals surface area contributed by atoms with Gasteiger partial charge in [0.25, 0.3) is 0 Å². The smallest absolute Gasteiger partial charge is 0.0712 e. The van der Waals surface area contributed by atoms with Crippen LogP contribution < -0.4 is 5.73 Å². The van der Waals surface area contributed by atoms with E-state index in [1.54, 1.807) is 0 Å². The second-order valence-corrected chi connectivity index (χ2v) is 3.14. The molecule has 13 heavy (non-hydrogen) atoms. The molecule has 0 aliphatic rings. The van der Waals surface area contributed by atoms with Crippen molar-refractivity contribution < 1.29 is 0 Å². The van der Waals surface area contributed by atoms with Crippen LogP contribution in [0.1, 0.15) is 31.2 Å². The van der Waals surface area contributed by atoms with Crippen molar-refractivity contribution >= 4 is 5.69 Å². The van der Waals surface area contributed by atoms with Gasteiger partial charge >= 0.3 is 0 Å². The Labute approximate surface area is 79.0 Å². The van der Waals surface area contributed by atoms with Crippen LogP contribution >= 0.6 is 0 Å². The van der Waals surface area contributed by atoms with Gasteiger partial charge in [-0.25, -0.2) is 0 Å². The standard InChI is InChI=1S/C11H14N2/c1-2-3-10(8-12)9-4-6-11(13)7-5-9/h4-7,10H,2-3,13H2,1H3. The van der Waals surface area contributed by atoms with Crippen LogP contribution in [0.15, 0.2) is 24.3 Å². The molecule has 0 fully saturated rings. The van der Waals surface area contributed by atoms with Gasteiger partial charge in [-0.1, -0.05) is 25.5 Å². The summed E-state index contributed by atoms with van der Waals surface area (Å²) in [5.74, 6) is 0.0191. The third kappa shape index (κ3) is 2.48. The van der Waals surface area contributed by atoms with Gasteiger partial charge in [-0.2, -0.15) is 5.26 Å². The first-order valence-corrected chi connectivity index (χ1v) is 4.53. The zero-order valence-corrected chi connectivity index (χ0v) is 7.83. The summed E-state index contributed by atoms with van der Waals surface area (Å²) in [5, 5.41) is 8.90. The molecule has 2 heteroatoms. The summed E-state index contributed by atoms with van der Waals surface area (Å²) in [6, 6.07) is 9.84. The Kier molecular flexibility index (Phi) is 3.33. The highest BCUT2D eigenvalue weighted by molar-refractivity contribution is 5.41. The van der Waals surface area contributed by atoms with Crippen LogP contribution in [-0.2, 0) is 0 Å². The van der Waals surface area contributed by atoms with E-state index in [0.29, 0.717) is 0 Å². The lowest BCUT2D eigenvalue weighted by Gasteiger charge is -2.07. The molecular weight excluding hydrogens is 160 g/mol. The van der Waals surface area contributed by atoms with Gasteiger partial charge in [0.05, 0.1) is 12.0 Å². The molecule has 0 radical (unpaired) electrons. The quantitative estimate of drug-likeness (QED) is 0.716. The SMILES string of the molecule is CCCC(C#N)c1ccc(N)cc1. The third-order valence-corrected chi connectivity index (χ3v) is 2.07. The van der Waals surface area contributed by atoms with Gasteiger partial charge in [-0.3, -0.25) is 0 Å². The van der Waals surface area contributed by atoms with Crippen molar-refractivity contribution in [1.29, 1.82) is 5.26 Å². The molecular formula is C11H14N2. The molecule has 2 nitrogen and oxygen atoms in total. The summed E-state index contributed by atoms with van der Waals surface area (Å²) < 4.78 is 0. The van der Waals surface area contributed by atoms with Crippen LogP contribution in [0.25, 0.3) is 0 Å². The summed E-state index contributed by atoms with van der Waals surface area (Å²) >= 11 is 0. The molecule has 0 spiro atoms. The number of nitrogens with two attached hydrogens (primary N) is 1. The fourth-order valence-corrected chi connectivity index (χ4v) is 1.32. The van der Waals surface area contributed by atoms with Crippen molar-refractivity contribution in [3.63, 3.8) is 0 Å². The van der Waals surface area contributed by atoms with Gasteiger partial charge in [0.1, 0.15) is 0 Å². The highest BCUT2D eigenvalue weighted by Gasteiger charge is 2.07. The van der Waals surface area contributed by atoms with Gasteiger partial charge in [0.2, 0.25) is 0 Å². The Hall–Kier alpha value is -1.49. The van der Waals surface area contributed by atoms with Crippen LogP contribution in [0.2, 0.25) is 0 Å². The summed E-state index contributed by atoms with van der Waals surface area (Å²) in [7, 11) is 0. The number of nitriles is 1. The molecule has 0 aliphatic carbocycles.